The first-order valence-corrected chi connectivity index (χ1v) is 5.34. The Labute approximate surface area is 100 Å². The Bertz CT molecular complexity index is 461. The first-order chi connectivity index (χ1) is 7.93. The number of carboxylic acids is 1. The molecule has 0 aromatic heterocycles. The van der Waals surface area contributed by atoms with Crippen LogP contribution < -0.4 is 4.74 Å². The van der Waals surface area contributed by atoms with Crippen LogP contribution in [0.1, 0.15) is 51.6 Å². The molecule has 0 atom stereocenters. The van der Waals surface area contributed by atoms with Crippen molar-refractivity contribution in [1.82, 2.24) is 0 Å². The summed E-state index contributed by atoms with van der Waals surface area (Å²) in [6.45, 7) is 5.53. The van der Waals surface area contributed by atoms with E-state index in [4.69, 9.17) is 9.84 Å². The molecule has 0 radical (unpaired) electrons. The number of ether oxygens (including phenoxy) is 1. The lowest BCUT2D eigenvalue weighted by Gasteiger charge is -2.16. The predicted octanol–water partition coefficient (Wildman–Crippen LogP) is 2.64. The predicted molar refractivity (Wildman–Crippen MR) is 64.2 cm³/mol. The van der Waals surface area contributed by atoms with E-state index in [-0.39, 0.29) is 17.2 Å². The highest BCUT2D eigenvalue weighted by atomic mass is 16.5. The van der Waals surface area contributed by atoms with Crippen LogP contribution in [0.25, 0.3) is 0 Å². The number of methoxy groups -OCH3 is 1. The molecule has 0 aliphatic carbocycles. The minimum absolute atomic E-state index is 0.0814. The highest BCUT2D eigenvalue weighted by Crippen LogP contribution is 2.32. The smallest absolute Gasteiger partial charge is 0.339 e. The summed E-state index contributed by atoms with van der Waals surface area (Å²) in [7, 11) is 1.40. The summed E-state index contributed by atoms with van der Waals surface area (Å²) in [5.74, 6) is -0.716. The molecule has 92 valence electrons. The minimum atomic E-state index is -1.05. The third kappa shape index (κ3) is 2.30. The molecule has 0 spiro atoms. The van der Waals surface area contributed by atoms with Gasteiger partial charge >= 0.3 is 5.97 Å². The third-order valence-corrected chi connectivity index (χ3v) is 2.77. The number of carbonyl (C=O) groups is 2. The van der Waals surface area contributed by atoms with Gasteiger partial charge in [-0.15, -0.1) is 0 Å². The minimum Gasteiger partial charge on any atom is -0.496 e. The van der Waals surface area contributed by atoms with E-state index < -0.39 is 5.97 Å². The van der Waals surface area contributed by atoms with Gasteiger partial charge in [-0.25, -0.2) is 4.79 Å². The quantitative estimate of drug-likeness (QED) is 0.816. The third-order valence-electron chi connectivity index (χ3n) is 2.77. The van der Waals surface area contributed by atoms with Gasteiger partial charge in [0.15, 0.2) is 6.29 Å². The van der Waals surface area contributed by atoms with Crippen LogP contribution >= 0.6 is 0 Å². The van der Waals surface area contributed by atoms with Crippen LogP contribution in [-0.4, -0.2) is 24.5 Å². The monoisotopic (exact) mass is 236 g/mol. The Kier molecular flexibility index (Phi) is 3.89. The topological polar surface area (TPSA) is 63.6 Å². The molecule has 4 heteroatoms. The summed E-state index contributed by atoms with van der Waals surface area (Å²) in [6, 6.07) is 1.52. The molecule has 0 heterocycles. The van der Waals surface area contributed by atoms with Gasteiger partial charge in [-0.1, -0.05) is 13.8 Å². The van der Waals surface area contributed by atoms with E-state index in [0.29, 0.717) is 11.1 Å². The molecule has 1 aromatic carbocycles. The zero-order valence-electron chi connectivity index (χ0n) is 10.4. The van der Waals surface area contributed by atoms with Crippen LogP contribution in [0.3, 0.4) is 0 Å². The maximum atomic E-state index is 11.1. The van der Waals surface area contributed by atoms with Gasteiger partial charge in [0.05, 0.1) is 7.11 Å². The van der Waals surface area contributed by atoms with Crippen molar-refractivity contribution in [3.05, 3.63) is 28.3 Å². The number of aromatic carboxylic acids is 1. The van der Waals surface area contributed by atoms with Gasteiger partial charge < -0.3 is 9.84 Å². The summed E-state index contributed by atoms with van der Waals surface area (Å²) in [5, 5.41) is 9.12. The molecular formula is C13H16O4. The molecule has 0 fully saturated rings. The number of benzene rings is 1. The van der Waals surface area contributed by atoms with Crippen molar-refractivity contribution in [3.8, 4) is 5.75 Å². The Morgan fingerprint density at radius 2 is 2.06 bits per heavy atom. The Balaban J connectivity index is 3.66. The van der Waals surface area contributed by atoms with Crippen LogP contribution in [0.5, 0.6) is 5.75 Å². The van der Waals surface area contributed by atoms with Crippen molar-refractivity contribution in [2.24, 2.45) is 0 Å². The Morgan fingerprint density at radius 1 is 1.47 bits per heavy atom. The molecule has 4 nitrogen and oxygen atoms in total. The molecule has 0 amide bonds. The summed E-state index contributed by atoms with van der Waals surface area (Å²) >= 11 is 0. The normalized spacial score (nSPS) is 10.4. The molecule has 0 saturated heterocycles. The largest absolute Gasteiger partial charge is 0.496 e. The molecule has 0 unspecified atom stereocenters. The molecule has 0 aliphatic rings. The number of rotatable bonds is 4. The summed E-state index contributed by atoms with van der Waals surface area (Å²) in [5.41, 5.74) is 1.92. The first kappa shape index (κ1) is 13.2. The zero-order valence-corrected chi connectivity index (χ0v) is 10.4. The van der Waals surface area contributed by atoms with E-state index in [2.05, 4.69) is 0 Å². The lowest BCUT2D eigenvalue weighted by atomic mass is 9.91. The maximum Gasteiger partial charge on any atom is 0.339 e. The van der Waals surface area contributed by atoms with Crippen molar-refractivity contribution < 1.29 is 19.4 Å². The highest BCUT2D eigenvalue weighted by molar-refractivity contribution is 5.94. The second-order valence-corrected chi connectivity index (χ2v) is 4.16. The van der Waals surface area contributed by atoms with Crippen LogP contribution in [0.2, 0.25) is 0 Å². The average molecular weight is 236 g/mol. The second kappa shape index (κ2) is 4.99. The van der Waals surface area contributed by atoms with Crippen molar-refractivity contribution in [2.75, 3.05) is 7.11 Å². The summed E-state index contributed by atoms with van der Waals surface area (Å²) in [6.07, 6.45) is 0.749. The molecule has 1 N–H and O–H groups in total. The van der Waals surface area contributed by atoms with Crippen molar-refractivity contribution >= 4 is 12.3 Å². The lowest BCUT2D eigenvalue weighted by Crippen LogP contribution is -2.08. The molecule has 17 heavy (non-hydrogen) atoms. The van der Waals surface area contributed by atoms with E-state index >= 15 is 0 Å². The van der Waals surface area contributed by atoms with Crippen LogP contribution in [-0.2, 0) is 0 Å². The van der Waals surface area contributed by atoms with Crippen LogP contribution in [0.15, 0.2) is 6.07 Å². The molecule has 0 bridgehead atoms. The molecule has 1 rings (SSSR count). The number of carboxylic acid groups (broad SMARTS) is 1. The Morgan fingerprint density at radius 3 is 2.41 bits per heavy atom. The lowest BCUT2D eigenvalue weighted by molar-refractivity contribution is 0.0692. The second-order valence-electron chi connectivity index (χ2n) is 4.16. The summed E-state index contributed by atoms with van der Waals surface area (Å²) in [4.78, 5) is 22.2. The van der Waals surface area contributed by atoms with Gasteiger partial charge in [0, 0.05) is 11.1 Å². The number of carbonyl (C=O) groups excluding carboxylic acids is 1. The van der Waals surface area contributed by atoms with E-state index in [9.17, 15) is 9.59 Å². The fraction of sp³-hybridized carbons (Fsp3) is 0.385. The summed E-state index contributed by atoms with van der Waals surface area (Å²) < 4.78 is 5.07. The zero-order chi connectivity index (χ0) is 13.2. The van der Waals surface area contributed by atoms with Crippen LogP contribution in [0, 0.1) is 6.92 Å². The molecule has 0 saturated carbocycles. The Hall–Kier alpha value is -1.84. The number of aldehydes is 1. The average Bonchev–Trinajstić information content (AvgIpc) is 2.27. The standard InChI is InChI=1S/C13H16O4/c1-7(2)9-5-10(13(15)16)12(17-4)8(3)11(9)6-14/h5-7H,1-4H3,(H,15,16). The van der Waals surface area contributed by atoms with Crippen molar-refractivity contribution in [3.63, 3.8) is 0 Å². The van der Waals surface area contributed by atoms with Gasteiger partial charge in [0.2, 0.25) is 0 Å². The molecule has 1 aromatic rings. The van der Waals surface area contributed by atoms with E-state index in [1.165, 1.54) is 13.2 Å². The fourth-order valence-corrected chi connectivity index (χ4v) is 1.90. The number of hydrogen-bond acceptors (Lipinski definition) is 3. The van der Waals surface area contributed by atoms with Gasteiger partial charge in [-0.2, -0.15) is 0 Å². The molecule has 0 aliphatic heterocycles. The van der Waals surface area contributed by atoms with Gasteiger partial charge in [-0.05, 0) is 24.5 Å². The highest BCUT2D eigenvalue weighted by Gasteiger charge is 2.20. The SMILES string of the molecule is COc1c(C(=O)O)cc(C(C)C)c(C=O)c1C. The van der Waals surface area contributed by atoms with Crippen molar-refractivity contribution in [2.45, 2.75) is 26.7 Å². The van der Waals surface area contributed by atoms with Gasteiger partial charge in [-0.3, -0.25) is 4.79 Å². The number of hydrogen-bond donors (Lipinski definition) is 1. The van der Waals surface area contributed by atoms with Gasteiger partial charge in [0.1, 0.15) is 11.3 Å². The molecular weight excluding hydrogens is 220 g/mol. The van der Waals surface area contributed by atoms with Crippen LogP contribution in [0.4, 0.5) is 0 Å². The van der Waals surface area contributed by atoms with Crippen molar-refractivity contribution in [1.29, 1.82) is 0 Å². The first-order valence-electron chi connectivity index (χ1n) is 5.34. The van der Waals surface area contributed by atoms with E-state index in [1.54, 1.807) is 6.92 Å². The fourth-order valence-electron chi connectivity index (χ4n) is 1.90. The van der Waals surface area contributed by atoms with E-state index in [1.807, 2.05) is 13.8 Å². The van der Waals surface area contributed by atoms with Gasteiger partial charge in [0.25, 0.3) is 0 Å². The van der Waals surface area contributed by atoms with E-state index in [0.717, 1.165) is 11.8 Å². The maximum absolute atomic E-state index is 11.1.